The van der Waals surface area contributed by atoms with Gasteiger partial charge in [0.2, 0.25) is 0 Å². The highest BCUT2D eigenvalue weighted by Crippen LogP contribution is 2.25. The minimum Gasteiger partial charge on any atom is -0.469 e. The number of rotatable bonds is 6. The fourth-order valence-corrected chi connectivity index (χ4v) is 2.77. The summed E-state index contributed by atoms with van der Waals surface area (Å²) in [4.78, 5) is 26.9. The molecule has 0 unspecified atom stereocenters. The van der Waals surface area contributed by atoms with Gasteiger partial charge >= 0.3 is 0 Å². The maximum atomic E-state index is 12.9. The molecule has 1 heterocycles. The molecule has 7 heteroatoms. The lowest BCUT2D eigenvalue weighted by atomic mass is 9.93. The predicted octanol–water partition coefficient (Wildman–Crippen LogP) is 3.55. The molecule has 2 amide bonds. The Labute approximate surface area is 158 Å². The molecule has 3 N–H and O–H groups in total. The van der Waals surface area contributed by atoms with E-state index in [1.165, 1.54) is 6.26 Å². The number of nitrogens with zero attached hydrogens (tertiary/aromatic N) is 1. The summed E-state index contributed by atoms with van der Waals surface area (Å²) >= 11 is 6.06. The molecule has 2 rings (SSSR count). The first-order chi connectivity index (χ1) is 12.1. The Morgan fingerprint density at radius 1 is 1.27 bits per heavy atom. The van der Waals surface area contributed by atoms with Crippen LogP contribution in [0.15, 0.2) is 34.9 Å². The van der Waals surface area contributed by atoms with Crippen LogP contribution in [0.3, 0.4) is 0 Å². The van der Waals surface area contributed by atoms with Crippen molar-refractivity contribution in [2.24, 2.45) is 11.1 Å². The summed E-state index contributed by atoms with van der Waals surface area (Å²) in [6.45, 7) is 6.61. The van der Waals surface area contributed by atoms with Crippen LogP contribution in [0.25, 0.3) is 0 Å². The Kier molecular flexibility index (Phi) is 6.10. The van der Waals surface area contributed by atoms with Crippen LogP contribution in [0.5, 0.6) is 0 Å². The van der Waals surface area contributed by atoms with Gasteiger partial charge in [0.05, 0.1) is 23.1 Å². The van der Waals surface area contributed by atoms with Crippen molar-refractivity contribution in [3.63, 3.8) is 0 Å². The number of benzene rings is 1. The molecule has 0 fully saturated rings. The molecule has 0 aliphatic heterocycles. The minimum absolute atomic E-state index is 0.214. The van der Waals surface area contributed by atoms with Crippen LogP contribution in [0.1, 0.15) is 40.3 Å². The van der Waals surface area contributed by atoms with Gasteiger partial charge in [-0.2, -0.15) is 0 Å². The van der Waals surface area contributed by atoms with E-state index in [1.54, 1.807) is 43.1 Å². The fraction of sp³-hybridized carbons (Fsp3) is 0.368. The van der Waals surface area contributed by atoms with Crippen LogP contribution < -0.4 is 11.1 Å². The molecule has 0 aliphatic carbocycles. The van der Waals surface area contributed by atoms with Gasteiger partial charge < -0.3 is 20.4 Å². The zero-order chi connectivity index (χ0) is 19.5. The largest absolute Gasteiger partial charge is 0.469 e. The zero-order valence-electron chi connectivity index (χ0n) is 15.4. The van der Waals surface area contributed by atoms with Crippen LogP contribution in [0.2, 0.25) is 5.02 Å². The summed E-state index contributed by atoms with van der Waals surface area (Å²) < 4.78 is 5.16. The van der Waals surface area contributed by atoms with Crippen molar-refractivity contribution in [2.75, 3.05) is 25.5 Å². The normalized spacial score (nSPS) is 11.3. The molecule has 0 spiro atoms. The van der Waals surface area contributed by atoms with Gasteiger partial charge in [-0.3, -0.25) is 9.59 Å². The number of aryl methyl sites for hydroxylation is 1. The molecule has 0 saturated carbocycles. The molecule has 1 aromatic carbocycles. The number of carbonyl (C=O) groups is 2. The zero-order valence-corrected chi connectivity index (χ0v) is 16.2. The SMILES string of the molecule is Cc1occc1C(=O)Nc1cc(Cl)ccc1C(=O)N(C)CC(C)(C)CN. The highest BCUT2D eigenvalue weighted by molar-refractivity contribution is 6.31. The van der Waals surface area contributed by atoms with Crippen LogP contribution in [0.4, 0.5) is 5.69 Å². The first-order valence-electron chi connectivity index (χ1n) is 8.25. The average molecular weight is 378 g/mol. The molecule has 0 bridgehead atoms. The number of carbonyl (C=O) groups excluding carboxylic acids is 2. The number of amides is 2. The molecule has 1 aromatic heterocycles. The Balaban J connectivity index is 2.28. The van der Waals surface area contributed by atoms with E-state index in [4.69, 9.17) is 21.8 Å². The highest BCUT2D eigenvalue weighted by Gasteiger charge is 2.24. The van der Waals surface area contributed by atoms with Crippen molar-refractivity contribution in [3.8, 4) is 0 Å². The second-order valence-corrected chi connectivity index (χ2v) is 7.50. The van der Waals surface area contributed by atoms with E-state index in [0.717, 1.165) is 0 Å². The Morgan fingerprint density at radius 3 is 2.54 bits per heavy atom. The molecule has 2 aromatic rings. The molecular formula is C19H24ClN3O3. The van der Waals surface area contributed by atoms with Crippen molar-refractivity contribution >= 4 is 29.1 Å². The lowest BCUT2D eigenvalue weighted by Gasteiger charge is -2.29. The number of furan rings is 1. The monoisotopic (exact) mass is 377 g/mol. The number of halogens is 1. The average Bonchev–Trinajstić information content (AvgIpc) is 3.00. The second-order valence-electron chi connectivity index (χ2n) is 7.06. The molecule has 0 atom stereocenters. The molecule has 26 heavy (non-hydrogen) atoms. The molecule has 0 saturated heterocycles. The van der Waals surface area contributed by atoms with Crippen LogP contribution in [-0.2, 0) is 0 Å². The van der Waals surface area contributed by atoms with Crippen LogP contribution in [-0.4, -0.2) is 36.9 Å². The summed E-state index contributed by atoms with van der Waals surface area (Å²) in [6.07, 6.45) is 1.44. The van der Waals surface area contributed by atoms with E-state index in [-0.39, 0.29) is 17.2 Å². The minimum atomic E-state index is -0.363. The maximum absolute atomic E-state index is 12.9. The molecule has 6 nitrogen and oxygen atoms in total. The Bertz CT molecular complexity index is 814. The molecule has 0 aliphatic rings. The molecule has 0 radical (unpaired) electrons. The maximum Gasteiger partial charge on any atom is 0.259 e. The van der Waals surface area contributed by atoms with Gasteiger partial charge in [0, 0.05) is 18.6 Å². The summed E-state index contributed by atoms with van der Waals surface area (Å²) in [7, 11) is 1.71. The third kappa shape index (κ3) is 4.65. The number of anilines is 1. The van der Waals surface area contributed by atoms with Gasteiger partial charge in [-0.15, -0.1) is 0 Å². The number of hydrogen-bond donors (Lipinski definition) is 2. The third-order valence-corrected chi connectivity index (χ3v) is 4.36. The van der Waals surface area contributed by atoms with Crippen LogP contribution >= 0.6 is 11.6 Å². The van der Waals surface area contributed by atoms with E-state index in [1.807, 2.05) is 13.8 Å². The summed E-state index contributed by atoms with van der Waals surface area (Å²) in [5.74, 6) is -0.0841. The van der Waals surface area contributed by atoms with Crippen molar-refractivity contribution in [1.82, 2.24) is 4.90 Å². The number of nitrogens with two attached hydrogens (primary N) is 1. The fourth-order valence-electron chi connectivity index (χ4n) is 2.60. The Hall–Kier alpha value is -2.31. The summed E-state index contributed by atoms with van der Waals surface area (Å²) in [5, 5.41) is 3.17. The van der Waals surface area contributed by atoms with E-state index in [2.05, 4.69) is 5.32 Å². The highest BCUT2D eigenvalue weighted by atomic mass is 35.5. The standard InChI is InChI=1S/C19H24ClN3O3/c1-12-14(7-8-26-12)17(24)22-16-9-13(20)5-6-15(16)18(25)23(4)11-19(2,3)10-21/h5-9H,10-11,21H2,1-4H3,(H,22,24). The van der Waals surface area contributed by atoms with Gasteiger partial charge in [0.1, 0.15) is 5.76 Å². The topological polar surface area (TPSA) is 88.6 Å². The first-order valence-corrected chi connectivity index (χ1v) is 8.63. The van der Waals surface area contributed by atoms with E-state index >= 15 is 0 Å². The number of hydrogen-bond acceptors (Lipinski definition) is 4. The van der Waals surface area contributed by atoms with Gasteiger partial charge in [-0.05, 0) is 43.1 Å². The quantitative estimate of drug-likeness (QED) is 0.805. The van der Waals surface area contributed by atoms with Crippen molar-refractivity contribution < 1.29 is 14.0 Å². The van der Waals surface area contributed by atoms with Crippen LogP contribution in [0, 0.1) is 12.3 Å². The van der Waals surface area contributed by atoms with Gasteiger partial charge in [0.25, 0.3) is 11.8 Å². The van der Waals surface area contributed by atoms with E-state index in [0.29, 0.717) is 40.7 Å². The van der Waals surface area contributed by atoms with Gasteiger partial charge in [0.15, 0.2) is 0 Å². The van der Waals surface area contributed by atoms with Crippen molar-refractivity contribution in [1.29, 1.82) is 0 Å². The smallest absolute Gasteiger partial charge is 0.259 e. The number of nitrogens with one attached hydrogen (secondary N) is 1. The molecule has 140 valence electrons. The third-order valence-electron chi connectivity index (χ3n) is 4.13. The first kappa shape index (κ1) is 20.0. The van der Waals surface area contributed by atoms with Gasteiger partial charge in [-0.25, -0.2) is 0 Å². The summed E-state index contributed by atoms with van der Waals surface area (Å²) in [5.41, 5.74) is 6.66. The second kappa shape index (κ2) is 7.93. The summed E-state index contributed by atoms with van der Waals surface area (Å²) in [6, 6.07) is 6.36. The lowest BCUT2D eigenvalue weighted by Crippen LogP contribution is -2.40. The van der Waals surface area contributed by atoms with E-state index in [9.17, 15) is 9.59 Å². The van der Waals surface area contributed by atoms with E-state index < -0.39 is 0 Å². The van der Waals surface area contributed by atoms with Crippen molar-refractivity contribution in [2.45, 2.75) is 20.8 Å². The molecular weight excluding hydrogens is 354 g/mol. The predicted molar refractivity (Wildman–Crippen MR) is 103 cm³/mol. The van der Waals surface area contributed by atoms with Gasteiger partial charge in [-0.1, -0.05) is 25.4 Å². The lowest BCUT2D eigenvalue weighted by molar-refractivity contribution is 0.0741. The van der Waals surface area contributed by atoms with Crippen molar-refractivity contribution in [3.05, 3.63) is 52.4 Å². The Morgan fingerprint density at radius 2 is 1.96 bits per heavy atom.